The van der Waals surface area contributed by atoms with Crippen LogP contribution in [0.3, 0.4) is 0 Å². The number of aryl methyl sites for hydroxylation is 1. The highest BCUT2D eigenvalue weighted by molar-refractivity contribution is 5.38. The molecular weight excluding hydrogens is 224 g/mol. The summed E-state index contributed by atoms with van der Waals surface area (Å²) in [6.45, 7) is 2.31. The minimum absolute atomic E-state index is 0.388. The van der Waals surface area contributed by atoms with Gasteiger partial charge in [-0.05, 0) is 55.4 Å². The monoisotopic (exact) mass is 246 g/mol. The second-order valence-electron chi connectivity index (χ2n) is 5.50. The lowest BCUT2D eigenvalue weighted by Gasteiger charge is -2.34. The molecule has 18 heavy (non-hydrogen) atoms. The summed E-state index contributed by atoms with van der Waals surface area (Å²) in [5, 5.41) is 12.0. The number of fused-ring (bicyclic) bond motifs is 1. The highest BCUT2D eigenvalue weighted by Crippen LogP contribution is 2.32. The first kappa shape index (κ1) is 12.0. The van der Waals surface area contributed by atoms with Crippen LogP contribution < -0.4 is 5.43 Å². The van der Waals surface area contributed by atoms with Crippen molar-refractivity contribution in [3.8, 4) is 5.75 Å². The average Bonchev–Trinajstić information content (AvgIpc) is 2.41. The molecule has 1 aliphatic heterocycles. The molecule has 0 bridgehead atoms. The molecule has 1 fully saturated rings. The first-order valence-electron chi connectivity index (χ1n) is 7.16. The molecule has 1 aliphatic carbocycles. The van der Waals surface area contributed by atoms with Crippen LogP contribution in [0.15, 0.2) is 18.2 Å². The molecule has 1 aromatic rings. The third kappa shape index (κ3) is 2.52. The third-order valence-corrected chi connectivity index (χ3v) is 4.14. The zero-order chi connectivity index (χ0) is 12.4. The van der Waals surface area contributed by atoms with E-state index in [1.165, 1.54) is 43.2 Å². The number of aromatic hydroxyl groups is 1. The van der Waals surface area contributed by atoms with Gasteiger partial charge in [-0.1, -0.05) is 12.5 Å². The molecule has 0 spiro atoms. The fourth-order valence-electron chi connectivity index (χ4n) is 3.16. The lowest BCUT2D eigenvalue weighted by molar-refractivity contribution is 0.122. The number of phenols is 1. The summed E-state index contributed by atoms with van der Waals surface area (Å²) in [4.78, 5) is 0. The lowest BCUT2D eigenvalue weighted by Crippen LogP contribution is -2.44. The first-order valence-corrected chi connectivity index (χ1v) is 7.16. The van der Waals surface area contributed by atoms with Gasteiger partial charge in [-0.2, -0.15) is 0 Å². The van der Waals surface area contributed by atoms with Crippen LogP contribution in [-0.4, -0.2) is 23.2 Å². The Balaban J connectivity index is 1.75. The van der Waals surface area contributed by atoms with Crippen molar-refractivity contribution in [2.45, 2.75) is 44.6 Å². The number of nitrogens with one attached hydrogen (secondary N) is 1. The zero-order valence-corrected chi connectivity index (χ0v) is 10.9. The van der Waals surface area contributed by atoms with Gasteiger partial charge in [0.15, 0.2) is 0 Å². The van der Waals surface area contributed by atoms with Gasteiger partial charge in [-0.15, -0.1) is 0 Å². The van der Waals surface area contributed by atoms with E-state index in [0.29, 0.717) is 11.8 Å². The van der Waals surface area contributed by atoms with Crippen LogP contribution in [0.25, 0.3) is 0 Å². The largest absolute Gasteiger partial charge is 0.508 e. The molecule has 1 atom stereocenters. The van der Waals surface area contributed by atoms with Crippen molar-refractivity contribution in [2.24, 2.45) is 0 Å². The second kappa shape index (κ2) is 5.29. The maximum absolute atomic E-state index is 9.67. The Bertz CT molecular complexity index is 413. The van der Waals surface area contributed by atoms with Gasteiger partial charge in [0.05, 0.1) is 0 Å². The molecule has 0 radical (unpaired) electrons. The Hall–Kier alpha value is -1.06. The molecule has 1 heterocycles. The number of phenolic OH excluding ortho intramolecular Hbond substituents is 1. The Labute approximate surface area is 109 Å². The molecule has 1 saturated heterocycles. The van der Waals surface area contributed by atoms with Gasteiger partial charge in [-0.3, -0.25) is 0 Å². The van der Waals surface area contributed by atoms with Crippen LogP contribution in [0.1, 0.15) is 49.3 Å². The van der Waals surface area contributed by atoms with Crippen LogP contribution in [0.4, 0.5) is 0 Å². The summed E-state index contributed by atoms with van der Waals surface area (Å²) in [5.74, 6) is 0.390. The Morgan fingerprint density at radius 1 is 1.11 bits per heavy atom. The van der Waals surface area contributed by atoms with E-state index in [0.717, 1.165) is 19.5 Å². The number of piperidine rings is 1. The lowest BCUT2D eigenvalue weighted by atomic mass is 9.88. The van der Waals surface area contributed by atoms with Gasteiger partial charge in [0, 0.05) is 19.1 Å². The molecular formula is C15H22N2O. The summed E-state index contributed by atoms with van der Waals surface area (Å²) in [5.41, 5.74) is 6.36. The number of hydrogen-bond acceptors (Lipinski definition) is 3. The number of nitrogens with zero attached hydrogens (tertiary/aromatic N) is 1. The van der Waals surface area contributed by atoms with Crippen LogP contribution in [0, 0.1) is 0 Å². The third-order valence-electron chi connectivity index (χ3n) is 4.14. The standard InChI is InChI=1S/C15H22N2O/c18-13-8-7-12-5-4-6-15(14(12)11-13)16-17-9-2-1-3-10-17/h7-8,11,15-16,18H,1-6,9-10H2. The van der Waals surface area contributed by atoms with E-state index >= 15 is 0 Å². The average molecular weight is 246 g/mol. The van der Waals surface area contributed by atoms with Crippen molar-refractivity contribution in [2.75, 3.05) is 13.1 Å². The van der Waals surface area contributed by atoms with Crippen molar-refractivity contribution < 1.29 is 5.11 Å². The SMILES string of the molecule is Oc1ccc2c(c1)C(NN1CCCCC1)CCC2. The summed E-state index contributed by atoms with van der Waals surface area (Å²) < 4.78 is 0. The summed E-state index contributed by atoms with van der Waals surface area (Å²) in [6, 6.07) is 6.21. The quantitative estimate of drug-likeness (QED) is 0.842. The number of rotatable bonds is 2. The molecule has 1 aromatic carbocycles. The van der Waals surface area contributed by atoms with Gasteiger partial charge in [0.2, 0.25) is 0 Å². The van der Waals surface area contributed by atoms with Crippen LogP contribution in [0.2, 0.25) is 0 Å². The molecule has 0 amide bonds. The summed E-state index contributed by atoms with van der Waals surface area (Å²) in [6.07, 6.45) is 7.52. The molecule has 0 saturated carbocycles. The van der Waals surface area contributed by atoms with Crippen molar-refractivity contribution in [3.05, 3.63) is 29.3 Å². The molecule has 1 unspecified atom stereocenters. The van der Waals surface area contributed by atoms with Gasteiger partial charge in [0.1, 0.15) is 5.75 Å². The van der Waals surface area contributed by atoms with Crippen molar-refractivity contribution >= 4 is 0 Å². The Morgan fingerprint density at radius 2 is 1.94 bits per heavy atom. The van der Waals surface area contributed by atoms with Crippen molar-refractivity contribution in [1.82, 2.24) is 10.4 Å². The second-order valence-corrected chi connectivity index (χ2v) is 5.50. The molecule has 3 heteroatoms. The number of hydrazine groups is 1. The zero-order valence-electron chi connectivity index (χ0n) is 10.9. The summed E-state index contributed by atoms with van der Waals surface area (Å²) in [7, 11) is 0. The van der Waals surface area contributed by atoms with Crippen LogP contribution in [0.5, 0.6) is 5.75 Å². The normalized spacial score (nSPS) is 24.8. The van der Waals surface area contributed by atoms with Crippen LogP contribution >= 0.6 is 0 Å². The Kier molecular flexibility index (Phi) is 3.52. The van der Waals surface area contributed by atoms with Crippen LogP contribution in [-0.2, 0) is 6.42 Å². The van der Waals surface area contributed by atoms with Gasteiger partial charge in [0.25, 0.3) is 0 Å². The maximum atomic E-state index is 9.67. The minimum atomic E-state index is 0.388. The van der Waals surface area contributed by atoms with Gasteiger partial charge < -0.3 is 5.11 Å². The van der Waals surface area contributed by atoms with E-state index in [9.17, 15) is 5.11 Å². The maximum Gasteiger partial charge on any atom is 0.115 e. The smallest absolute Gasteiger partial charge is 0.115 e. The van der Waals surface area contributed by atoms with E-state index in [2.05, 4.69) is 16.5 Å². The van der Waals surface area contributed by atoms with Gasteiger partial charge >= 0.3 is 0 Å². The fourth-order valence-corrected chi connectivity index (χ4v) is 3.16. The van der Waals surface area contributed by atoms with E-state index in [1.54, 1.807) is 0 Å². The van der Waals surface area contributed by atoms with Gasteiger partial charge in [-0.25, -0.2) is 10.4 Å². The topological polar surface area (TPSA) is 35.5 Å². The van der Waals surface area contributed by atoms with Crippen molar-refractivity contribution in [1.29, 1.82) is 0 Å². The van der Waals surface area contributed by atoms with E-state index in [-0.39, 0.29) is 0 Å². The molecule has 2 N–H and O–H groups in total. The first-order chi connectivity index (χ1) is 8.83. The molecule has 3 nitrogen and oxygen atoms in total. The molecule has 0 aromatic heterocycles. The summed E-state index contributed by atoms with van der Waals surface area (Å²) >= 11 is 0. The number of hydrogen-bond donors (Lipinski definition) is 2. The predicted molar refractivity (Wildman–Crippen MR) is 72.3 cm³/mol. The minimum Gasteiger partial charge on any atom is -0.508 e. The predicted octanol–water partition coefficient (Wildman–Crippen LogP) is 2.76. The molecule has 98 valence electrons. The highest BCUT2D eigenvalue weighted by atomic mass is 16.3. The number of benzene rings is 1. The van der Waals surface area contributed by atoms with E-state index in [4.69, 9.17) is 0 Å². The van der Waals surface area contributed by atoms with Crippen molar-refractivity contribution in [3.63, 3.8) is 0 Å². The Morgan fingerprint density at radius 3 is 2.78 bits per heavy atom. The highest BCUT2D eigenvalue weighted by Gasteiger charge is 2.23. The fraction of sp³-hybridized carbons (Fsp3) is 0.600. The van der Waals surface area contributed by atoms with E-state index in [1.807, 2.05) is 12.1 Å². The molecule has 2 aliphatic rings. The van der Waals surface area contributed by atoms with E-state index < -0.39 is 0 Å². The molecule has 3 rings (SSSR count).